The predicted octanol–water partition coefficient (Wildman–Crippen LogP) is 1.39. The van der Waals surface area contributed by atoms with Crippen molar-refractivity contribution in [2.24, 2.45) is 0 Å². The van der Waals surface area contributed by atoms with Gasteiger partial charge < -0.3 is 25.1 Å². The van der Waals surface area contributed by atoms with E-state index < -0.39 is 22.2 Å². The van der Waals surface area contributed by atoms with Gasteiger partial charge in [0.2, 0.25) is 15.9 Å². The standard InChI is InChI=1S/C23H39N5O3S.C2HF3O2/c1-20-5-6-22(19-21(20)2)32(30,31)28(11-4-10-26-17-15-25(3)16-18-26)12-7-23(29)27-13-8-24-9-14-27;3-2(4,5)1(6)7/h5-6,19,24H,4,7-18H2,1-3H3;(H,6,7). The molecule has 2 aliphatic heterocycles. The number of likely N-dealkylation sites (N-methyl/N-ethyl adjacent to an activating group) is 1. The number of piperazine rings is 2. The third-order valence-electron chi connectivity index (χ3n) is 6.88. The summed E-state index contributed by atoms with van der Waals surface area (Å²) in [5.41, 5.74) is 2.03. The summed E-state index contributed by atoms with van der Waals surface area (Å²) in [4.78, 5) is 28.4. The van der Waals surface area contributed by atoms with E-state index in [4.69, 9.17) is 9.90 Å². The minimum atomic E-state index is -5.08. The number of alkyl halides is 3. The van der Waals surface area contributed by atoms with Crippen LogP contribution >= 0.6 is 0 Å². The van der Waals surface area contributed by atoms with Gasteiger partial charge >= 0.3 is 12.1 Å². The van der Waals surface area contributed by atoms with Gasteiger partial charge in [-0.1, -0.05) is 6.07 Å². The number of rotatable bonds is 9. The summed E-state index contributed by atoms with van der Waals surface area (Å²) in [6.07, 6.45) is -4.10. The third kappa shape index (κ3) is 10.7. The summed E-state index contributed by atoms with van der Waals surface area (Å²) in [6, 6.07) is 5.29. The van der Waals surface area contributed by atoms with Gasteiger partial charge in [0.05, 0.1) is 4.90 Å². The van der Waals surface area contributed by atoms with Crippen molar-refractivity contribution < 1.29 is 36.3 Å². The number of carbonyl (C=O) groups excluding carboxylic acids is 1. The molecule has 0 aliphatic carbocycles. The zero-order valence-corrected chi connectivity index (χ0v) is 23.7. The van der Waals surface area contributed by atoms with Crippen LogP contribution in [0, 0.1) is 13.8 Å². The van der Waals surface area contributed by atoms with Crippen molar-refractivity contribution in [3.05, 3.63) is 29.3 Å². The number of aryl methyl sites for hydroxylation is 2. The number of hydrogen-bond acceptors (Lipinski definition) is 7. The molecule has 2 fully saturated rings. The molecule has 2 saturated heterocycles. The maximum absolute atomic E-state index is 13.5. The van der Waals surface area contributed by atoms with Crippen LogP contribution in [0.2, 0.25) is 0 Å². The lowest BCUT2D eigenvalue weighted by Crippen LogP contribution is -2.47. The van der Waals surface area contributed by atoms with Gasteiger partial charge in [0.25, 0.3) is 0 Å². The average Bonchev–Trinajstić information content (AvgIpc) is 2.88. The van der Waals surface area contributed by atoms with E-state index in [1.165, 1.54) is 4.31 Å². The van der Waals surface area contributed by atoms with Crippen LogP contribution in [-0.4, -0.2) is 130 Å². The van der Waals surface area contributed by atoms with Crippen molar-refractivity contribution >= 4 is 21.9 Å². The fraction of sp³-hybridized carbons (Fsp3) is 0.680. The molecule has 2 N–H and O–H groups in total. The van der Waals surface area contributed by atoms with Crippen molar-refractivity contribution in [2.45, 2.75) is 37.8 Å². The van der Waals surface area contributed by atoms with Crippen molar-refractivity contribution in [1.29, 1.82) is 0 Å². The van der Waals surface area contributed by atoms with E-state index >= 15 is 0 Å². The number of nitrogens with one attached hydrogen (secondary N) is 1. The number of carboxylic acid groups (broad SMARTS) is 1. The van der Waals surface area contributed by atoms with Crippen LogP contribution in [-0.2, 0) is 19.6 Å². The molecule has 0 saturated carbocycles. The summed E-state index contributed by atoms with van der Waals surface area (Å²) in [5.74, 6) is -2.72. The Morgan fingerprint density at radius 1 is 1.00 bits per heavy atom. The first kappa shape index (κ1) is 32.9. The Labute approximate surface area is 228 Å². The van der Waals surface area contributed by atoms with Gasteiger partial charge in [0, 0.05) is 71.9 Å². The first-order valence-electron chi connectivity index (χ1n) is 13.0. The van der Waals surface area contributed by atoms with Crippen molar-refractivity contribution in [2.75, 3.05) is 79.0 Å². The molecule has 1 aromatic rings. The molecule has 0 unspecified atom stereocenters. The van der Waals surface area contributed by atoms with Crippen LogP contribution in [0.15, 0.2) is 23.1 Å². The molecule has 2 aliphatic rings. The summed E-state index contributed by atoms with van der Waals surface area (Å²) >= 11 is 0. The average molecular weight is 580 g/mol. The second-order valence-corrected chi connectivity index (χ2v) is 11.8. The van der Waals surface area contributed by atoms with Gasteiger partial charge in [-0.05, 0) is 57.1 Å². The number of aliphatic carboxylic acids is 1. The van der Waals surface area contributed by atoms with Gasteiger partial charge in [-0.25, -0.2) is 13.2 Å². The van der Waals surface area contributed by atoms with Gasteiger partial charge in [-0.15, -0.1) is 0 Å². The predicted molar refractivity (Wildman–Crippen MR) is 141 cm³/mol. The molecule has 0 spiro atoms. The number of sulfonamides is 1. The normalized spacial score (nSPS) is 17.6. The molecule has 10 nitrogen and oxygen atoms in total. The smallest absolute Gasteiger partial charge is 0.475 e. The van der Waals surface area contributed by atoms with Crippen LogP contribution in [0.25, 0.3) is 0 Å². The first-order chi connectivity index (χ1) is 18.2. The highest BCUT2D eigenvalue weighted by atomic mass is 32.2. The number of nitrogens with zero attached hydrogens (tertiary/aromatic N) is 4. The molecule has 1 aromatic carbocycles. The van der Waals surface area contributed by atoms with E-state index in [-0.39, 0.29) is 18.9 Å². The maximum Gasteiger partial charge on any atom is 0.490 e. The van der Waals surface area contributed by atoms with Crippen LogP contribution in [0.3, 0.4) is 0 Å². The Balaban J connectivity index is 0.000000673. The number of benzene rings is 1. The molecule has 14 heteroatoms. The monoisotopic (exact) mass is 579 g/mol. The Morgan fingerprint density at radius 2 is 1.59 bits per heavy atom. The highest BCUT2D eigenvalue weighted by Gasteiger charge is 2.38. The topological polar surface area (TPSA) is 114 Å². The summed E-state index contributed by atoms with van der Waals surface area (Å²) in [6.45, 7) is 12.5. The zero-order valence-electron chi connectivity index (χ0n) is 22.8. The molecule has 39 heavy (non-hydrogen) atoms. The van der Waals surface area contributed by atoms with E-state index in [2.05, 4.69) is 22.2 Å². The molecule has 2 heterocycles. The number of hydrogen-bond donors (Lipinski definition) is 2. The maximum atomic E-state index is 13.5. The number of carboxylic acids is 1. The van der Waals surface area contributed by atoms with Gasteiger partial charge in [-0.3, -0.25) is 4.79 Å². The second kappa shape index (κ2) is 14.9. The molecular formula is C25H40F3N5O5S. The largest absolute Gasteiger partial charge is 0.490 e. The molecule has 0 radical (unpaired) electrons. The SMILES string of the molecule is Cc1ccc(S(=O)(=O)N(CCCN2CCN(C)CC2)CCC(=O)N2CCNCC2)cc1C.O=C(O)C(F)(F)F. The molecular weight excluding hydrogens is 539 g/mol. The number of amides is 1. The highest BCUT2D eigenvalue weighted by Crippen LogP contribution is 2.20. The molecule has 0 bridgehead atoms. The van der Waals surface area contributed by atoms with E-state index in [0.717, 1.165) is 63.4 Å². The Bertz CT molecular complexity index is 1060. The fourth-order valence-corrected chi connectivity index (χ4v) is 5.78. The first-order valence-corrected chi connectivity index (χ1v) is 14.4. The molecule has 3 rings (SSSR count). The molecule has 0 aromatic heterocycles. The quantitative estimate of drug-likeness (QED) is 0.452. The van der Waals surface area contributed by atoms with Crippen molar-refractivity contribution in [3.8, 4) is 0 Å². The van der Waals surface area contributed by atoms with Gasteiger partial charge in [-0.2, -0.15) is 17.5 Å². The summed E-state index contributed by atoms with van der Waals surface area (Å²) in [7, 11) is -1.53. The Kier molecular flexibility index (Phi) is 12.6. The lowest BCUT2D eigenvalue weighted by Gasteiger charge is -2.33. The zero-order chi connectivity index (χ0) is 29.2. The molecule has 1 amide bonds. The lowest BCUT2D eigenvalue weighted by atomic mass is 10.1. The van der Waals surface area contributed by atoms with Crippen LogP contribution < -0.4 is 5.32 Å². The van der Waals surface area contributed by atoms with E-state index in [1.807, 2.05) is 24.8 Å². The number of carbonyl (C=O) groups is 2. The second-order valence-electron chi connectivity index (χ2n) is 9.83. The van der Waals surface area contributed by atoms with Crippen molar-refractivity contribution in [3.63, 3.8) is 0 Å². The van der Waals surface area contributed by atoms with Gasteiger partial charge in [0.15, 0.2) is 0 Å². The van der Waals surface area contributed by atoms with Gasteiger partial charge in [0.1, 0.15) is 0 Å². The highest BCUT2D eigenvalue weighted by molar-refractivity contribution is 7.89. The Hall–Kier alpha value is -2.26. The fourth-order valence-electron chi connectivity index (χ4n) is 4.21. The molecule has 0 atom stereocenters. The van der Waals surface area contributed by atoms with E-state index in [0.29, 0.717) is 24.5 Å². The minimum absolute atomic E-state index is 0.0332. The number of halogens is 3. The third-order valence-corrected chi connectivity index (χ3v) is 8.78. The molecule has 222 valence electrons. The summed E-state index contributed by atoms with van der Waals surface area (Å²) < 4.78 is 60.2. The van der Waals surface area contributed by atoms with Crippen LogP contribution in [0.4, 0.5) is 13.2 Å². The van der Waals surface area contributed by atoms with E-state index in [1.54, 1.807) is 12.1 Å². The van der Waals surface area contributed by atoms with Crippen molar-refractivity contribution in [1.82, 2.24) is 24.3 Å². The van der Waals surface area contributed by atoms with E-state index in [9.17, 15) is 26.4 Å². The summed E-state index contributed by atoms with van der Waals surface area (Å²) in [5, 5.41) is 10.4. The minimum Gasteiger partial charge on any atom is -0.475 e. The van der Waals surface area contributed by atoms with Crippen LogP contribution in [0.5, 0.6) is 0 Å². The lowest BCUT2D eigenvalue weighted by molar-refractivity contribution is -0.192. The van der Waals surface area contributed by atoms with Crippen LogP contribution in [0.1, 0.15) is 24.0 Å². The Morgan fingerprint density at radius 3 is 2.13 bits per heavy atom.